The first-order chi connectivity index (χ1) is 14.6. The summed E-state index contributed by atoms with van der Waals surface area (Å²) in [5, 5.41) is 3.08. The van der Waals surface area contributed by atoms with Gasteiger partial charge < -0.3 is 24.3 Å². The molecule has 1 N–H and O–H groups in total. The average molecular weight is 405 g/mol. The summed E-state index contributed by atoms with van der Waals surface area (Å²) in [6.45, 7) is 3.47. The Balaban J connectivity index is 1.69. The highest BCUT2D eigenvalue weighted by atomic mass is 16.5. The first-order valence-electron chi connectivity index (χ1n) is 10.2. The van der Waals surface area contributed by atoms with Crippen LogP contribution in [0.15, 0.2) is 60.8 Å². The number of anilines is 1. The molecule has 4 rings (SSSR count). The van der Waals surface area contributed by atoms with E-state index in [1.165, 1.54) is 5.56 Å². The van der Waals surface area contributed by atoms with Crippen molar-refractivity contribution in [2.75, 3.05) is 26.1 Å². The number of ether oxygens (including phenoxy) is 2. The van der Waals surface area contributed by atoms with E-state index in [-0.39, 0.29) is 12.1 Å². The number of carbonyl (C=O) groups excluding carboxylic acids is 1. The zero-order chi connectivity index (χ0) is 21.1. The molecule has 2 amide bonds. The minimum absolute atomic E-state index is 0.115. The minimum atomic E-state index is -0.220. The van der Waals surface area contributed by atoms with Crippen LogP contribution >= 0.6 is 0 Å². The number of benzene rings is 2. The fourth-order valence-corrected chi connectivity index (χ4v) is 4.04. The number of nitrogens with one attached hydrogen (secondary N) is 1. The first-order valence-corrected chi connectivity index (χ1v) is 10.2. The summed E-state index contributed by atoms with van der Waals surface area (Å²) < 4.78 is 13.1. The van der Waals surface area contributed by atoms with Crippen molar-refractivity contribution in [3.05, 3.63) is 77.6 Å². The second-order valence-corrected chi connectivity index (χ2v) is 7.32. The Bertz CT molecular complexity index is 1040. The van der Waals surface area contributed by atoms with Crippen LogP contribution in [0, 0.1) is 0 Å². The van der Waals surface area contributed by atoms with Gasteiger partial charge in [-0.3, -0.25) is 0 Å². The minimum Gasteiger partial charge on any atom is -0.493 e. The van der Waals surface area contributed by atoms with Crippen LogP contribution in [0.3, 0.4) is 0 Å². The molecule has 1 atom stereocenters. The van der Waals surface area contributed by atoms with Crippen molar-refractivity contribution < 1.29 is 14.3 Å². The van der Waals surface area contributed by atoms with Gasteiger partial charge in [0.15, 0.2) is 11.5 Å². The molecule has 156 valence electrons. The number of rotatable bonds is 5. The molecule has 2 heterocycles. The third-order valence-electron chi connectivity index (χ3n) is 5.61. The van der Waals surface area contributed by atoms with E-state index in [2.05, 4.69) is 35.1 Å². The second-order valence-electron chi connectivity index (χ2n) is 7.32. The molecule has 2 aromatic carbocycles. The Morgan fingerprint density at radius 1 is 1.03 bits per heavy atom. The third kappa shape index (κ3) is 3.73. The summed E-state index contributed by atoms with van der Waals surface area (Å²) in [6, 6.07) is 17.6. The zero-order valence-corrected chi connectivity index (χ0v) is 17.6. The predicted molar refractivity (Wildman–Crippen MR) is 117 cm³/mol. The Morgan fingerprint density at radius 3 is 2.63 bits per heavy atom. The average Bonchev–Trinajstić information content (AvgIpc) is 3.27. The van der Waals surface area contributed by atoms with E-state index in [0.717, 1.165) is 29.9 Å². The molecule has 0 fully saturated rings. The molecule has 0 spiro atoms. The zero-order valence-electron chi connectivity index (χ0n) is 17.6. The number of hydrogen-bond acceptors (Lipinski definition) is 3. The van der Waals surface area contributed by atoms with Crippen molar-refractivity contribution >= 4 is 11.7 Å². The van der Waals surface area contributed by atoms with Crippen LogP contribution in [0.4, 0.5) is 10.5 Å². The number of fused-ring (bicyclic) bond motifs is 1. The number of amides is 2. The highest BCUT2D eigenvalue weighted by Crippen LogP contribution is 2.37. The lowest BCUT2D eigenvalue weighted by molar-refractivity contribution is 0.181. The van der Waals surface area contributed by atoms with Gasteiger partial charge in [0.05, 0.1) is 20.3 Å². The lowest BCUT2D eigenvalue weighted by atomic mass is 9.99. The monoisotopic (exact) mass is 405 g/mol. The maximum atomic E-state index is 13.3. The summed E-state index contributed by atoms with van der Waals surface area (Å²) in [7, 11) is 3.24. The molecule has 30 heavy (non-hydrogen) atoms. The molecule has 0 saturated heterocycles. The van der Waals surface area contributed by atoms with Crippen molar-refractivity contribution in [2.24, 2.45) is 0 Å². The van der Waals surface area contributed by atoms with E-state index in [0.29, 0.717) is 18.0 Å². The van der Waals surface area contributed by atoms with Gasteiger partial charge in [-0.15, -0.1) is 0 Å². The van der Waals surface area contributed by atoms with Crippen molar-refractivity contribution in [1.29, 1.82) is 0 Å². The van der Waals surface area contributed by atoms with Gasteiger partial charge in [-0.2, -0.15) is 0 Å². The fourth-order valence-electron chi connectivity index (χ4n) is 4.04. The van der Waals surface area contributed by atoms with Gasteiger partial charge in [0.2, 0.25) is 0 Å². The van der Waals surface area contributed by atoms with Crippen LogP contribution in [0.25, 0.3) is 0 Å². The number of hydrogen-bond donors (Lipinski definition) is 1. The van der Waals surface area contributed by atoms with Gasteiger partial charge in [-0.05, 0) is 53.9 Å². The van der Waals surface area contributed by atoms with Crippen LogP contribution in [0.1, 0.15) is 29.8 Å². The van der Waals surface area contributed by atoms with Gasteiger partial charge in [-0.25, -0.2) is 4.79 Å². The summed E-state index contributed by atoms with van der Waals surface area (Å²) in [5.74, 6) is 1.31. The van der Waals surface area contributed by atoms with Crippen LogP contribution in [-0.2, 0) is 13.0 Å². The van der Waals surface area contributed by atoms with Gasteiger partial charge in [-0.1, -0.05) is 25.1 Å². The number of nitrogens with zero attached hydrogens (tertiary/aromatic N) is 2. The number of aromatic nitrogens is 1. The molecule has 6 heteroatoms. The predicted octanol–water partition coefficient (Wildman–Crippen LogP) is 4.70. The smallest absolute Gasteiger partial charge is 0.322 e. The third-order valence-corrected chi connectivity index (χ3v) is 5.61. The van der Waals surface area contributed by atoms with E-state index in [1.807, 2.05) is 47.4 Å². The van der Waals surface area contributed by atoms with Crippen molar-refractivity contribution in [3.63, 3.8) is 0 Å². The van der Waals surface area contributed by atoms with Crippen LogP contribution in [0.5, 0.6) is 11.5 Å². The molecule has 0 aliphatic carbocycles. The number of urea groups is 1. The molecular weight excluding hydrogens is 378 g/mol. The molecule has 1 aliphatic rings. The summed E-state index contributed by atoms with van der Waals surface area (Å²) in [4.78, 5) is 15.2. The SMILES string of the molecule is CCc1cccc(NC(=O)N2CCn3cccc3C2c2ccc(OC)c(OC)c2)c1. The summed E-state index contributed by atoms with van der Waals surface area (Å²) in [6.07, 6.45) is 2.98. The molecule has 3 aromatic rings. The highest BCUT2D eigenvalue weighted by molar-refractivity contribution is 5.90. The molecular formula is C24H27N3O3. The Labute approximate surface area is 177 Å². The number of carbonyl (C=O) groups is 1. The van der Waals surface area contributed by atoms with Gasteiger partial charge >= 0.3 is 6.03 Å². The lowest BCUT2D eigenvalue weighted by Crippen LogP contribution is -2.44. The molecule has 1 unspecified atom stereocenters. The summed E-state index contributed by atoms with van der Waals surface area (Å²) >= 11 is 0. The van der Waals surface area contributed by atoms with Crippen LogP contribution in [-0.4, -0.2) is 36.3 Å². The maximum absolute atomic E-state index is 13.3. The number of methoxy groups -OCH3 is 2. The highest BCUT2D eigenvalue weighted by Gasteiger charge is 2.32. The van der Waals surface area contributed by atoms with E-state index in [4.69, 9.17) is 9.47 Å². The lowest BCUT2D eigenvalue weighted by Gasteiger charge is -2.37. The molecule has 0 radical (unpaired) electrons. The Kier molecular flexibility index (Phi) is 5.65. The van der Waals surface area contributed by atoms with Gasteiger partial charge in [0.1, 0.15) is 0 Å². The van der Waals surface area contributed by atoms with Crippen LogP contribution in [0.2, 0.25) is 0 Å². The van der Waals surface area contributed by atoms with Crippen LogP contribution < -0.4 is 14.8 Å². The van der Waals surface area contributed by atoms with Crippen molar-refractivity contribution in [3.8, 4) is 11.5 Å². The Morgan fingerprint density at radius 2 is 1.87 bits per heavy atom. The fraction of sp³-hybridized carbons (Fsp3) is 0.292. The van der Waals surface area contributed by atoms with Gasteiger partial charge in [0, 0.05) is 30.7 Å². The molecule has 0 saturated carbocycles. The van der Waals surface area contributed by atoms with E-state index >= 15 is 0 Å². The standard InChI is InChI=1S/C24H27N3O3/c1-4-17-7-5-8-19(15-17)25-24(28)27-14-13-26-12-6-9-20(26)23(27)18-10-11-21(29-2)22(16-18)30-3/h5-12,15-16,23H,4,13-14H2,1-3H3,(H,25,28). The first kappa shape index (κ1) is 19.9. The van der Waals surface area contributed by atoms with Crippen molar-refractivity contribution in [1.82, 2.24) is 9.47 Å². The Hall–Kier alpha value is -3.41. The molecule has 0 bridgehead atoms. The van der Waals surface area contributed by atoms with Crippen molar-refractivity contribution in [2.45, 2.75) is 25.9 Å². The molecule has 1 aromatic heterocycles. The topological polar surface area (TPSA) is 55.7 Å². The maximum Gasteiger partial charge on any atom is 0.322 e. The molecule has 6 nitrogen and oxygen atoms in total. The quantitative estimate of drug-likeness (QED) is 0.669. The largest absolute Gasteiger partial charge is 0.493 e. The summed E-state index contributed by atoms with van der Waals surface area (Å²) in [5.41, 5.74) is 4.05. The van der Waals surface area contributed by atoms with E-state index < -0.39 is 0 Å². The second kappa shape index (κ2) is 8.53. The normalized spacial score (nSPS) is 15.4. The number of aryl methyl sites for hydroxylation is 1. The van der Waals surface area contributed by atoms with E-state index in [9.17, 15) is 4.79 Å². The van der Waals surface area contributed by atoms with Gasteiger partial charge in [0.25, 0.3) is 0 Å². The van der Waals surface area contributed by atoms with E-state index in [1.54, 1.807) is 14.2 Å². The molecule has 1 aliphatic heterocycles.